The van der Waals surface area contributed by atoms with Gasteiger partial charge >= 0.3 is 12.0 Å². The number of hydrogen-bond donors (Lipinski definition) is 2. The SMILES string of the molecule is COc1ccc(NC(=O)NC(=O)COC(=O)c2ccc(OCC(C)C)c(OC)c2)cc1. The zero-order valence-corrected chi connectivity index (χ0v) is 17.9. The largest absolute Gasteiger partial charge is 0.497 e. The van der Waals surface area contributed by atoms with Crippen molar-refractivity contribution in [3.63, 3.8) is 0 Å². The molecule has 2 aromatic rings. The summed E-state index contributed by atoms with van der Waals surface area (Å²) in [4.78, 5) is 36.0. The molecular formula is C22H26N2O7. The fraction of sp³-hybridized carbons (Fsp3) is 0.318. The van der Waals surface area contributed by atoms with Gasteiger partial charge in [0.15, 0.2) is 18.1 Å². The second-order valence-corrected chi connectivity index (χ2v) is 6.88. The highest BCUT2D eigenvalue weighted by Gasteiger charge is 2.15. The fourth-order valence-corrected chi connectivity index (χ4v) is 2.38. The van der Waals surface area contributed by atoms with Gasteiger partial charge in [0.25, 0.3) is 5.91 Å². The Hall–Kier alpha value is -3.75. The van der Waals surface area contributed by atoms with Gasteiger partial charge in [-0.2, -0.15) is 0 Å². The van der Waals surface area contributed by atoms with E-state index in [2.05, 4.69) is 10.6 Å². The van der Waals surface area contributed by atoms with Crippen LogP contribution in [0.3, 0.4) is 0 Å². The molecule has 0 aliphatic rings. The summed E-state index contributed by atoms with van der Waals surface area (Å²) in [6.45, 7) is 3.91. The van der Waals surface area contributed by atoms with E-state index in [-0.39, 0.29) is 5.56 Å². The predicted molar refractivity (Wildman–Crippen MR) is 114 cm³/mol. The normalized spacial score (nSPS) is 10.2. The van der Waals surface area contributed by atoms with Crippen LogP contribution in [0.5, 0.6) is 17.2 Å². The van der Waals surface area contributed by atoms with E-state index in [9.17, 15) is 14.4 Å². The molecule has 0 atom stereocenters. The fourth-order valence-electron chi connectivity index (χ4n) is 2.38. The standard InChI is InChI=1S/C22H26N2O7/c1-14(2)12-30-18-10-5-15(11-19(18)29-4)21(26)31-13-20(25)24-22(27)23-16-6-8-17(28-3)9-7-16/h5-11,14H,12-13H2,1-4H3,(H2,23,24,25,27). The second-order valence-electron chi connectivity index (χ2n) is 6.88. The third-order valence-corrected chi connectivity index (χ3v) is 3.91. The number of imide groups is 1. The molecule has 0 aliphatic heterocycles. The maximum Gasteiger partial charge on any atom is 0.338 e. The lowest BCUT2D eigenvalue weighted by atomic mass is 10.2. The van der Waals surface area contributed by atoms with Crippen LogP contribution in [0.4, 0.5) is 10.5 Å². The molecule has 0 spiro atoms. The van der Waals surface area contributed by atoms with Gasteiger partial charge < -0.3 is 24.3 Å². The quantitative estimate of drug-likeness (QED) is 0.587. The number of hydrogen-bond acceptors (Lipinski definition) is 7. The third kappa shape index (κ3) is 7.54. The Kier molecular flexibility index (Phi) is 8.68. The average molecular weight is 430 g/mol. The summed E-state index contributed by atoms with van der Waals surface area (Å²) in [5.41, 5.74) is 0.652. The molecule has 0 bridgehead atoms. The van der Waals surface area contributed by atoms with Crippen molar-refractivity contribution in [1.29, 1.82) is 0 Å². The number of nitrogens with one attached hydrogen (secondary N) is 2. The zero-order valence-electron chi connectivity index (χ0n) is 17.9. The molecule has 2 aromatic carbocycles. The number of methoxy groups -OCH3 is 2. The van der Waals surface area contributed by atoms with Gasteiger partial charge in [-0.3, -0.25) is 10.1 Å². The Bertz CT molecular complexity index is 911. The highest BCUT2D eigenvalue weighted by Crippen LogP contribution is 2.28. The van der Waals surface area contributed by atoms with E-state index in [1.54, 1.807) is 30.3 Å². The van der Waals surface area contributed by atoms with Gasteiger partial charge in [-0.05, 0) is 48.4 Å². The van der Waals surface area contributed by atoms with Gasteiger partial charge in [0.05, 0.1) is 26.4 Å². The Labute approximate surface area is 180 Å². The van der Waals surface area contributed by atoms with Gasteiger partial charge in [0, 0.05) is 5.69 Å². The number of benzene rings is 2. The van der Waals surface area contributed by atoms with E-state index >= 15 is 0 Å². The Morgan fingerprint density at radius 2 is 1.65 bits per heavy atom. The summed E-state index contributed by atoms with van der Waals surface area (Å²) in [6, 6.07) is 10.4. The van der Waals surface area contributed by atoms with Crippen LogP contribution in [0.2, 0.25) is 0 Å². The maximum absolute atomic E-state index is 12.2. The summed E-state index contributed by atoms with van der Waals surface area (Å²) in [7, 11) is 2.99. The van der Waals surface area contributed by atoms with Crippen molar-refractivity contribution >= 4 is 23.6 Å². The van der Waals surface area contributed by atoms with Crippen molar-refractivity contribution < 1.29 is 33.3 Å². The van der Waals surface area contributed by atoms with Gasteiger partial charge in [-0.1, -0.05) is 13.8 Å². The molecule has 166 valence electrons. The van der Waals surface area contributed by atoms with E-state index in [0.29, 0.717) is 35.5 Å². The van der Waals surface area contributed by atoms with Crippen molar-refractivity contribution in [2.24, 2.45) is 5.92 Å². The molecule has 0 aliphatic carbocycles. The molecule has 0 aromatic heterocycles. The number of amides is 3. The number of anilines is 1. The molecule has 0 saturated carbocycles. The first-order valence-corrected chi connectivity index (χ1v) is 9.55. The lowest BCUT2D eigenvalue weighted by Crippen LogP contribution is -2.37. The van der Waals surface area contributed by atoms with E-state index < -0.39 is 24.5 Å². The zero-order chi connectivity index (χ0) is 22.8. The minimum absolute atomic E-state index is 0.184. The molecular weight excluding hydrogens is 404 g/mol. The van der Waals surface area contributed by atoms with Crippen LogP contribution in [0.15, 0.2) is 42.5 Å². The molecule has 2 rings (SSSR count). The first kappa shape index (κ1) is 23.5. The Morgan fingerprint density at radius 3 is 2.26 bits per heavy atom. The highest BCUT2D eigenvalue weighted by molar-refractivity contribution is 6.02. The molecule has 0 unspecified atom stereocenters. The Balaban J connectivity index is 1.85. The molecule has 2 N–H and O–H groups in total. The number of carbonyl (C=O) groups excluding carboxylic acids is 3. The molecule has 31 heavy (non-hydrogen) atoms. The highest BCUT2D eigenvalue weighted by atomic mass is 16.5. The van der Waals surface area contributed by atoms with Gasteiger partial charge in [0.1, 0.15) is 5.75 Å². The van der Waals surface area contributed by atoms with Crippen molar-refractivity contribution in [3.05, 3.63) is 48.0 Å². The monoisotopic (exact) mass is 430 g/mol. The van der Waals surface area contributed by atoms with Crippen molar-refractivity contribution in [3.8, 4) is 17.2 Å². The number of urea groups is 1. The van der Waals surface area contributed by atoms with Crippen LogP contribution < -0.4 is 24.8 Å². The van der Waals surface area contributed by atoms with Crippen LogP contribution in [0, 0.1) is 5.92 Å². The minimum Gasteiger partial charge on any atom is -0.497 e. The van der Waals surface area contributed by atoms with Crippen LogP contribution in [-0.4, -0.2) is 45.3 Å². The maximum atomic E-state index is 12.2. The Morgan fingerprint density at radius 1 is 0.935 bits per heavy atom. The summed E-state index contributed by atoms with van der Waals surface area (Å²) in [6.07, 6.45) is 0. The van der Waals surface area contributed by atoms with Crippen molar-refractivity contribution in [1.82, 2.24) is 5.32 Å². The van der Waals surface area contributed by atoms with Crippen LogP contribution in [0.1, 0.15) is 24.2 Å². The minimum atomic E-state index is -0.775. The van der Waals surface area contributed by atoms with Gasteiger partial charge in [0.2, 0.25) is 0 Å². The number of rotatable bonds is 9. The molecule has 0 heterocycles. The second kappa shape index (κ2) is 11.4. The molecule has 0 fully saturated rings. The van der Waals surface area contributed by atoms with Crippen molar-refractivity contribution in [2.75, 3.05) is 32.8 Å². The molecule has 9 heteroatoms. The van der Waals surface area contributed by atoms with E-state index in [1.165, 1.54) is 26.4 Å². The first-order chi connectivity index (χ1) is 14.8. The van der Waals surface area contributed by atoms with E-state index in [4.69, 9.17) is 18.9 Å². The lowest BCUT2D eigenvalue weighted by Gasteiger charge is -2.13. The smallest absolute Gasteiger partial charge is 0.338 e. The van der Waals surface area contributed by atoms with Crippen LogP contribution in [0.25, 0.3) is 0 Å². The van der Waals surface area contributed by atoms with Gasteiger partial charge in [-0.15, -0.1) is 0 Å². The summed E-state index contributed by atoms with van der Waals surface area (Å²) < 4.78 is 20.9. The molecule has 0 radical (unpaired) electrons. The number of esters is 1. The third-order valence-electron chi connectivity index (χ3n) is 3.91. The summed E-state index contributed by atoms with van der Waals surface area (Å²) in [5, 5.41) is 4.57. The van der Waals surface area contributed by atoms with E-state index in [1.807, 2.05) is 13.8 Å². The number of ether oxygens (including phenoxy) is 4. The van der Waals surface area contributed by atoms with Crippen molar-refractivity contribution in [2.45, 2.75) is 13.8 Å². The summed E-state index contributed by atoms with van der Waals surface area (Å²) >= 11 is 0. The first-order valence-electron chi connectivity index (χ1n) is 9.55. The average Bonchev–Trinajstić information content (AvgIpc) is 2.76. The molecule has 3 amide bonds. The predicted octanol–water partition coefficient (Wildman–Crippen LogP) is 3.24. The number of carbonyl (C=O) groups is 3. The van der Waals surface area contributed by atoms with Gasteiger partial charge in [-0.25, -0.2) is 9.59 Å². The molecule has 9 nitrogen and oxygen atoms in total. The topological polar surface area (TPSA) is 112 Å². The summed E-state index contributed by atoms with van der Waals surface area (Å²) in [5.74, 6) is 0.321. The van der Waals surface area contributed by atoms with Crippen LogP contribution in [-0.2, 0) is 9.53 Å². The lowest BCUT2D eigenvalue weighted by molar-refractivity contribution is -0.123. The molecule has 0 saturated heterocycles. The van der Waals surface area contributed by atoms with Crippen LogP contribution >= 0.6 is 0 Å². The van der Waals surface area contributed by atoms with E-state index in [0.717, 1.165) is 0 Å².